The van der Waals surface area contributed by atoms with Gasteiger partial charge in [0.1, 0.15) is 23.9 Å². The van der Waals surface area contributed by atoms with Crippen LogP contribution in [0.1, 0.15) is 49.3 Å². The quantitative estimate of drug-likeness (QED) is 0.388. The highest BCUT2D eigenvalue weighted by molar-refractivity contribution is 5.80. The van der Waals surface area contributed by atoms with Crippen LogP contribution in [0.4, 0.5) is 4.39 Å². The summed E-state index contributed by atoms with van der Waals surface area (Å²) >= 11 is 0. The number of aromatic nitrogens is 1. The zero-order valence-corrected chi connectivity index (χ0v) is 19.2. The molecule has 3 aromatic rings. The van der Waals surface area contributed by atoms with Gasteiger partial charge in [-0.3, -0.25) is 4.84 Å². The number of benzene rings is 2. The second-order valence-electron chi connectivity index (χ2n) is 9.00. The third kappa shape index (κ3) is 5.28. The molecule has 0 bridgehead atoms. The highest BCUT2D eigenvalue weighted by atomic mass is 19.1. The molecule has 0 spiro atoms. The first-order valence-corrected chi connectivity index (χ1v) is 11.8. The van der Waals surface area contributed by atoms with Gasteiger partial charge >= 0.3 is 5.97 Å². The van der Waals surface area contributed by atoms with Gasteiger partial charge in [0.15, 0.2) is 0 Å². The fourth-order valence-corrected chi connectivity index (χ4v) is 4.86. The minimum absolute atomic E-state index is 0.232. The van der Waals surface area contributed by atoms with Crippen molar-refractivity contribution in [1.82, 2.24) is 10.5 Å². The number of hydroxylamine groups is 1. The molecule has 2 heterocycles. The van der Waals surface area contributed by atoms with Gasteiger partial charge in [-0.25, -0.2) is 14.2 Å². The summed E-state index contributed by atoms with van der Waals surface area (Å²) in [4.78, 5) is 21.7. The largest absolute Gasteiger partial charge is 0.487 e. The first kappa shape index (κ1) is 23.3. The summed E-state index contributed by atoms with van der Waals surface area (Å²) in [5.41, 5.74) is 2.91. The molecular formula is C27H27FN2O5. The minimum atomic E-state index is -1.35. The Morgan fingerprint density at radius 2 is 1.74 bits per heavy atom. The second kappa shape index (κ2) is 10.0. The molecule has 1 aliphatic heterocycles. The van der Waals surface area contributed by atoms with Crippen molar-refractivity contribution in [3.05, 3.63) is 83.8 Å². The summed E-state index contributed by atoms with van der Waals surface area (Å²) in [5.74, 6) is 0.195. The Morgan fingerprint density at radius 3 is 2.40 bits per heavy atom. The van der Waals surface area contributed by atoms with Gasteiger partial charge in [-0.05, 0) is 66.8 Å². The zero-order chi connectivity index (χ0) is 24.3. The Balaban J connectivity index is 1.25. The molecule has 7 nitrogen and oxygen atoms in total. The SMILES string of the molecule is O=C(O)C1(C(c2ccc(OCc3cccc(Oc4ccc(F)cc4)n3)cc2)C2CCCCC2)NO1. The summed E-state index contributed by atoms with van der Waals surface area (Å²) in [5, 5.41) is 9.81. The summed E-state index contributed by atoms with van der Waals surface area (Å²) in [6.07, 6.45) is 5.38. The highest BCUT2D eigenvalue weighted by Gasteiger charge is 2.61. The van der Waals surface area contributed by atoms with Gasteiger partial charge in [0.25, 0.3) is 5.72 Å². The lowest BCUT2D eigenvalue weighted by Crippen LogP contribution is -2.39. The number of hydrogen-bond donors (Lipinski definition) is 2. The zero-order valence-electron chi connectivity index (χ0n) is 19.2. The second-order valence-corrected chi connectivity index (χ2v) is 9.00. The Hall–Kier alpha value is -3.49. The van der Waals surface area contributed by atoms with Crippen LogP contribution in [0.2, 0.25) is 0 Å². The van der Waals surface area contributed by atoms with Crippen LogP contribution >= 0.6 is 0 Å². The molecule has 1 saturated carbocycles. The number of pyridine rings is 1. The molecule has 8 heteroatoms. The van der Waals surface area contributed by atoms with E-state index in [9.17, 15) is 14.3 Å². The third-order valence-corrected chi connectivity index (χ3v) is 6.64. The van der Waals surface area contributed by atoms with Crippen molar-refractivity contribution in [3.8, 4) is 17.4 Å². The molecular weight excluding hydrogens is 451 g/mol. The van der Waals surface area contributed by atoms with Crippen molar-refractivity contribution in [2.75, 3.05) is 0 Å². The average Bonchev–Trinajstić information content (AvgIpc) is 3.68. The Morgan fingerprint density at radius 1 is 1.06 bits per heavy atom. The molecule has 35 heavy (non-hydrogen) atoms. The molecule has 1 aromatic heterocycles. The van der Waals surface area contributed by atoms with Crippen LogP contribution in [0.5, 0.6) is 17.4 Å². The van der Waals surface area contributed by atoms with E-state index in [0.717, 1.165) is 31.2 Å². The molecule has 0 amide bonds. The molecule has 1 aliphatic carbocycles. The van der Waals surface area contributed by atoms with Crippen molar-refractivity contribution in [2.24, 2.45) is 5.92 Å². The molecule has 0 radical (unpaired) electrons. The van der Waals surface area contributed by atoms with Crippen molar-refractivity contribution in [2.45, 2.75) is 50.4 Å². The maximum Gasteiger partial charge on any atom is 0.356 e. The Labute approximate surface area is 202 Å². The molecule has 2 unspecified atom stereocenters. The van der Waals surface area contributed by atoms with Crippen LogP contribution in [0.15, 0.2) is 66.7 Å². The number of carboxylic acids is 1. The van der Waals surface area contributed by atoms with E-state index >= 15 is 0 Å². The van der Waals surface area contributed by atoms with E-state index in [4.69, 9.17) is 14.3 Å². The van der Waals surface area contributed by atoms with E-state index in [2.05, 4.69) is 10.5 Å². The van der Waals surface area contributed by atoms with Gasteiger partial charge in [0.05, 0.1) is 5.69 Å². The summed E-state index contributed by atoms with van der Waals surface area (Å²) in [7, 11) is 0. The van der Waals surface area contributed by atoms with Crippen molar-refractivity contribution >= 4 is 5.97 Å². The number of nitrogens with zero attached hydrogens (tertiary/aromatic N) is 1. The minimum Gasteiger partial charge on any atom is -0.487 e. The molecule has 2 atom stereocenters. The number of nitrogens with one attached hydrogen (secondary N) is 1. The lowest BCUT2D eigenvalue weighted by molar-refractivity contribution is -0.145. The molecule has 1 saturated heterocycles. The normalized spacial score (nSPS) is 20.7. The standard InChI is InChI=1S/C27H27FN2O5/c28-20-11-15-23(16-12-20)34-24-8-4-7-21(29-24)17-33-22-13-9-19(10-14-22)25(18-5-2-1-3-6-18)27(26(31)32)30-35-27/h4,7-16,18,25,30H,1-3,5-6,17H2,(H,31,32). The van der Waals surface area contributed by atoms with Crippen LogP contribution < -0.4 is 15.0 Å². The van der Waals surface area contributed by atoms with Crippen LogP contribution in [0.25, 0.3) is 0 Å². The first-order chi connectivity index (χ1) is 17.0. The number of aliphatic carboxylic acids is 1. The van der Waals surface area contributed by atoms with Gasteiger partial charge in [0.2, 0.25) is 5.88 Å². The van der Waals surface area contributed by atoms with Crippen LogP contribution in [0.3, 0.4) is 0 Å². The topological polar surface area (TPSA) is 103 Å². The van der Waals surface area contributed by atoms with E-state index < -0.39 is 11.7 Å². The summed E-state index contributed by atoms with van der Waals surface area (Å²) in [6.45, 7) is 0.232. The molecule has 2 aromatic carbocycles. The van der Waals surface area contributed by atoms with Crippen molar-refractivity contribution < 1.29 is 28.6 Å². The van der Waals surface area contributed by atoms with Gasteiger partial charge in [0, 0.05) is 12.0 Å². The predicted octanol–water partition coefficient (Wildman–Crippen LogP) is 5.57. The average molecular weight is 479 g/mol. The van der Waals surface area contributed by atoms with Gasteiger partial charge in [-0.2, -0.15) is 5.48 Å². The molecule has 5 rings (SSSR count). The fourth-order valence-electron chi connectivity index (χ4n) is 4.86. The number of ether oxygens (including phenoxy) is 2. The maximum absolute atomic E-state index is 13.1. The maximum atomic E-state index is 13.1. The molecule has 2 aliphatic rings. The van der Waals surface area contributed by atoms with Crippen LogP contribution in [-0.4, -0.2) is 21.8 Å². The molecule has 182 valence electrons. The van der Waals surface area contributed by atoms with E-state index in [1.54, 1.807) is 18.2 Å². The molecule has 2 fully saturated rings. The van der Waals surface area contributed by atoms with Crippen LogP contribution in [-0.2, 0) is 16.2 Å². The van der Waals surface area contributed by atoms with Crippen molar-refractivity contribution in [1.29, 1.82) is 0 Å². The molecule has 2 N–H and O–H groups in total. The van der Waals surface area contributed by atoms with E-state index in [1.165, 1.54) is 18.6 Å². The lowest BCUT2D eigenvalue weighted by Gasteiger charge is -2.32. The van der Waals surface area contributed by atoms with Gasteiger partial charge in [-0.1, -0.05) is 37.5 Å². The van der Waals surface area contributed by atoms with E-state index in [0.29, 0.717) is 23.1 Å². The van der Waals surface area contributed by atoms with E-state index in [1.807, 2.05) is 36.4 Å². The predicted molar refractivity (Wildman–Crippen MR) is 125 cm³/mol. The number of halogens is 1. The highest BCUT2D eigenvalue weighted by Crippen LogP contribution is 2.47. The first-order valence-electron chi connectivity index (χ1n) is 11.8. The van der Waals surface area contributed by atoms with Crippen molar-refractivity contribution in [3.63, 3.8) is 0 Å². The number of hydrogen-bond acceptors (Lipinski definition) is 6. The van der Waals surface area contributed by atoms with Gasteiger partial charge < -0.3 is 14.6 Å². The lowest BCUT2D eigenvalue weighted by atomic mass is 9.72. The van der Waals surface area contributed by atoms with E-state index in [-0.39, 0.29) is 24.3 Å². The number of rotatable bonds is 9. The van der Waals surface area contributed by atoms with Gasteiger partial charge in [-0.15, -0.1) is 0 Å². The smallest absolute Gasteiger partial charge is 0.356 e. The number of carbonyl (C=O) groups is 1. The number of carboxylic acid groups (broad SMARTS) is 1. The summed E-state index contributed by atoms with van der Waals surface area (Å²) < 4.78 is 24.7. The summed E-state index contributed by atoms with van der Waals surface area (Å²) in [6, 6.07) is 18.6. The third-order valence-electron chi connectivity index (χ3n) is 6.64. The fraction of sp³-hybridized carbons (Fsp3) is 0.333. The monoisotopic (exact) mass is 478 g/mol. The Bertz CT molecular complexity index is 1160. The Kier molecular flexibility index (Phi) is 6.66. The van der Waals surface area contributed by atoms with Crippen LogP contribution in [0, 0.1) is 11.7 Å².